The lowest BCUT2D eigenvalue weighted by molar-refractivity contribution is -0.228. The summed E-state index contributed by atoms with van der Waals surface area (Å²) in [7, 11) is 0. The van der Waals surface area contributed by atoms with Crippen molar-refractivity contribution in [3.8, 4) is 0 Å². The molecule has 1 heterocycles. The molecule has 1 aliphatic rings. The van der Waals surface area contributed by atoms with Gasteiger partial charge in [-0.1, -0.05) is 27.7 Å². The number of hydrogen-bond acceptors (Lipinski definition) is 8. The van der Waals surface area contributed by atoms with Gasteiger partial charge in [0.1, 0.15) is 12.2 Å². The zero-order valence-electron chi connectivity index (χ0n) is 22.8. The summed E-state index contributed by atoms with van der Waals surface area (Å²) < 4.78 is 0. The third-order valence-electron chi connectivity index (χ3n) is 6.55. The van der Waals surface area contributed by atoms with E-state index in [9.17, 15) is 30.0 Å². The Morgan fingerprint density at radius 1 is 1.11 bits per heavy atom. The Bertz CT molecular complexity index is 883. The van der Waals surface area contributed by atoms with Gasteiger partial charge in [0, 0.05) is 37.3 Å². The number of aryl methyl sites for hydroxylation is 1. The number of amides is 2. The molecule has 5 N–H and O–H groups in total. The summed E-state index contributed by atoms with van der Waals surface area (Å²) in [6.07, 6.45) is -0.849. The van der Waals surface area contributed by atoms with E-state index < -0.39 is 30.4 Å². The van der Waals surface area contributed by atoms with Crippen LogP contribution in [0, 0.1) is 18.8 Å². The summed E-state index contributed by atoms with van der Waals surface area (Å²) in [5, 5.41) is 45.7. The van der Waals surface area contributed by atoms with Crippen molar-refractivity contribution in [2.24, 2.45) is 11.8 Å². The highest BCUT2D eigenvalue weighted by Crippen LogP contribution is 2.22. The van der Waals surface area contributed by atoms with E-state index in [0.29, 0.717) is 49.1 Å². The normalized spacial score (nSPS) is 21.6. The number of nitrogens with zero attached hydrogens (tertiary/aromatic N) is 2. The van der Waals surface area contributed by atoms with Gasteiger partial charge in [-0.15, -0.1) is 0 Å². The molecule has 1 aliphatic heterocycles. The van der Waals surface area contributed by atoms with Crippen LogP contribution in [0.15, 0.2) is 18.2 Å². The molecule has 2 rings (SSSR count). The van der Waals surface area contributed by atoms with Crippen LogP contribution in [0.2, 0.25) is 0 Å². The second kappa shape index (κ2) is 14.2. The third-order valence-corrected chi connectivity index (χ3v) is 6.55. The number of aliphatic hydroxyl groups excluding tert-OH is 3. The molecule has 0 saturated carbocycles. The molecule has 2 amide bonds. The number of hydroxylamine groups is 2. The van der Waals surface area contributed by atoms with Crippen molar-refractivity contribution in [2.45, 2.75) is 71.8 Å². The van der Waals surface area contributed by atoms with Crippen LogP contribution in [0.4, 0.5) is 0 Å². The first-order valence-electron chi connectivity index (χ1n) is 13.2. The standard InChI is InChI=1S/C27H45N3O7/c1-6-8-29(9-7-2)26(35)22-12-18(3)11-21(13-22)25(34)28-27(36,17-31)24(33)23(32)16-37-30-14-19(4)10-20(5)15-30/h11-13,19-20,23-24,31-33,36H,6-10,14-17H2,1-5H3,(H,28,34)/t19?,20?,23-,24+,27-/m0/s1. The molecule has 1 aromatic carbocycles. The summed E-state index contributed by atoms with van der Waals surface area (Å²) in [5.41, 5.74) is -1.46. The van der Waals surface area contributed by atoms with E-state index in [4.69, 9.17) is 4.84 Å². The number of nitrogens with one attached hydrogen (secondary N) is 1. The van der Waals surface area contributed by atoms with Crippen molar-refractivity contribution < 1.29 is 34.9 Å². The summed E-state index contributed by atoms with van der Waals surface area (Å²) in [6.45, 7) is 11.1. The Morgan fingerprint density at radius 2 is 1.68 bits per heavy atom. The highest BCUT2D eigenvalue weighted by Gasteiger charge is 2.42. The lowest BCUT2D eigenvalue weighted by Gasteiger charge is -2.37. The molecule has 0 spiro atoms. The van der Waals surface area contributed by atoms with E-state index in [1.165, 1.54) is 6.07 Å². The predicted octanol–water partition coefficient (Wildman–Crippen LogP) is 1.30. The van der Waals surface area contributed by atoms with Gasteiger partial charge in [0.25, 0.3) is 11.8 Å². The van der Waals surface area contributed by atoms with Gasteiger partial charge in [0.05, 0.1) is 13.2 Å². The monoisotopic (exact) mass is 523 g/mol. The molecule has 0 bridgehead atoms. The smallest absolute Gasteiger partial charge is 0.253 e. The molecule has 0 radical (unpaired) electrons. The Hall–Kier alpha value is -2.08. The molecule has 1 aromatic rings. The minimum atomic E-state index is -2.54. The summed E-state index contributed by atoms with van der Waals surface area (Å²) in [4.78, 5) is 33.4. The van der Waals surface area contributed by atoms with E-state index in [2.05, 4.69) is 19.2 Å². The van der Waals surface area contributed by atoms with Crippen LogP contribution in [-0.4, -0.2) is 99.5 Å². The highest BCUT2D eigenvalue weighted by atomic mass is 16.7. The minimum Gasteiger partial charge on any atom is -0.391 e. The molecule has 0 aromatic heterocycles. The van der Waals surface area contributed by atoms with Crippen LogP contribution < -0.4 is 5.32 Å². The molecular weight excluding hydrogens is 478 g/mol. The van der Waals surface area contributed by atoms with Crippen LogP contribution in [0.1, 0.15) is 73.2 Å². The molecule has 0 aliphatic carbocycles. The number of hydrogen-bond donors (Lipinski definition) is 5. The van der Waals surface area contributed by atoms with Gasteiger partial charge in [0.2, 0.25) is 0 Å². The molecule has 10 heteroatoms. The molecule has 2 unspecified atom stereocenters. The van der Waals surface area contributed by atoms with E-state index in [1.54, 1.807) is 29.0 Å². The van der Waals surface area contributed by atoms with Crippen LogP contribution in [0.3, 0.4) is 0 Å². The summed E-state index contributed by atoms with van der Waals surface area (Å²) >= 11 is 0. The number of benzene rings is 1. The van der Waals surface area contributed by atoms with Crippen molar-refractivity contribution >= 4 is 11.8 Å². The molecule has 1 fully saturated rings. The lowest BCUT2D eigenvalue weighted by atomic mass is 9.93. The fourth-order valence-corrected chi connectivity index (χ4v) is 4.85. The molecular formula is C27H45N3O7. The largest absolute Gasteiger partial charge is 0.391 e. The molecule has 210 valence electrons. The minimum absolute atomic E-state index is 0.0809. The maximum atomic E-state index is 13.0. The molecule has 5 atom stereocenters. The highest BCUT2D eigenvalue weighted by molar-refractivity contribution is 6.00. The first-order chi connectivity index (χ1) is 17.4. The predicted molar refractivity (Wildman–Crippen MR) is 140 cm³/mol. The average Bonchev–Trinajstić information content (AvgIpc) is 2.85. The van der Waals surface area contributed by atoms with Gasteiger partial charge in [-0.2, -0.15) is 5.06 Å². The van der Waals surface area contributed by atoms with E-state index in [-0.39, 0.29) is 18.1 Å². The Labute approximate surface area is 220 Å². The van der Waals surface area contributed by atoms with Gasteiger partial charge >= 0.3 is 0 Å². The number of carbonyl (C=O) groups excluding carboxylic acids is 2. The van der Waals surface area contributed by atoms with E-state index in [1.807, 2.05) is 13.8 Å². The second-order valence-electron chi connectivity index (χ2n) is 10.5. The number of carbonyl (C=O) groups is 2. The molecule has 10 nitrogen and oxygen atoms in total. The van der Waals surface area contributed by atoms with E-state index in [0.717, 1.165) is 19.3 Å². The maximum absolute atomic E-state index is 13.0. The van der Waals surface area contributed by atoms with Crippen LogP contribution in [0.25, 0.3) is 0 Å². The fraction of sp³-hybridized carbons (Fsp3) is 0.704. The Morgan fingerprint density at radius 3 is 2.22 bits per heavy atom. The van der Waals surface area contributed by atoms with Gasteiger partial charge in [-0.05, 0) is 61.8 Å². The average molecular weight is 524 g/mol. The van der Waals surface area contributed by atoms with E-state index >= 15 is 0 Å². The maximum Gasteiger partial charge on any atom is 0.253 e. The Balaban J connectivity index is 2.11. The summed E-state index contributed by atoms with van der Waals surface area (Å²) in [5.74, 6) is -0.172. The van der Waals surface area contributed by atoms with Crippen molar-refractivity contribution in [3.63, 3.8) is 0 Å². The number of rotatable bonds is 13. The second-order valence-corrected chi connectivity index (χ2v) is 10.5. The topological polar surface area (TPSA) is 143 Å². The first kappa shape index (κ1) is 31.1. The van der Waals surface area contributed by atoms with Crippen molar-refractivity contribution in [1.29, 1.82) is 0 Å². The van der Waals surface area contributed by atoms with Gasteiger partial charge < -0.3 is 30.6 Å². The van der Waals surface area contributed by atoms with Crippen molar-refractivity contribution in [2.75, 3.05) is 39.4 Å². The van der Waals surface area contributed by atoms with Crippen LogP contribution >= 0.6 is 0 Å². The fourth-order valence-electron chi connectivity index (χ4n) is 4.85. The van der Waals surface area contributed by atoms with Crippen LogP contribution in [-0.2, 0) is 4.84 Å². The Kier molecular flexibility index (Phi) is 11.9. The number of piperidine rings is 1. The molecule has 37 heavy (non-hydrogen) atoms. The zero-order chi connectivity index (χ0) is 27.8. The SMILES string of the molecule is CCCN(CCC)C(=O)c1cc(C)cc(C(=O)N[C@](O)(CO)[C@H](O)[C@@H](O)CON2CC(C)CC(C)C2)c1. The number of aliphatic hydroxyl groups is 4. The molecule has 1 saturated heterocycles. The quantitative estimate of drug-likeness (QED) is 0.244. The van der Waals surface area contributed by atoms with Crippen molar-refractivity contribution in [1.82, 2.24) is 15.3 Å². The van der Waals surface area contributed by atoms with Crippen molar-refractivity contribution in [3.05, 3.63) is 34.9 Å². The van der Waals surface area contributed by atoms with Gasteiger partial charge in [0.15, 0.2) is 5.72 Å². The first-order valence-corrected chi connectivity index (χ1v) is 13.2. The van der Waals surface area contributed by atoms with Gasteiger partial charge in [-0.3, -0.25) is 14.4 Å². The van der Waals surface area contributed by atoms with Crippen LogP contribution in [0.5, 0.6) is 0 Å². The third kappa shape index (κ3) is 8.73. The lowest BCUT2D eigenvalue weighted by Crippen LogP contribution is -2.63. The summed E-state index contributed by atoms with van der Waals surface area (Å²) in [6, 6.07) is 4.65. The zero-order valence-corrected chi connectivity index (χ0v) is 22.8. The van der Waals surface area contributed by atoms with Gasteiger partial charge in [-0.25, -0.2) is 0 Å².